The van der Waals surface area contributed by atoms with Crippen LogP contribution < -0.4 is 5.32 Å². The number of fused-ring (bicyclic) bond motifs is 1. The SMILES string of the molecule is CCc1cc(NCCC2CCN(Cc3ccccc3)C2)c2nncn2n1. The summed E-state index contributed by atoms with van der Waals surface area (Å²) in [5.74, 6) is 0.757. The lowest BCUT2D eigenvalue weighted by molar-refractivity contribution is 0.314. The molecule has 0 radical (unpaired) electrons. The Morgan fingerprint density at radius 1 is 1.23 bits per heavy atom. The molecule has 1 unspecified atom stereocenters. The number of benzene rings is 1. The normalized spacial score (nSPS) is 17.8. The van der Waals surface area contributed by atoms with Crippen molar-refractivity contribution in [3.63, 3.8) is 0 Å². The number of nitrogens with one attached hydrogen (secondary N) is 1. The van der Waals surface area contributed by atoms with Crippen LogP contribution in [0.3, 0.4) is 0 Å². The van der Waals surface area contributed by atoms with Gasteiger partial charge in [0.2, 0.25) is 5.65 Å². The maximum atomic E-state index is 4.49. The van der Waals surface area contributed by atoms with Gasteiger partial charge in [-0.05, 0) is 43.4 Å². The molecule has 1 N–H and O–H groups in total. The third kappa shape index (κ3) is 3.85. The molecule has 0 saturated carbocycles. The Kier molecular flexibility index (Phi) is 5.11. The average molecular weight is 350 g/mol. The second kappa shape index (κ2) is 7.83. The minimum atomic E-state index is 0.757. The maximum absolute atomic E-state index is 4.49. The second-order valence-electron chi connectivity index (χ2n) is 7.09. The van der Waals surface area contributed by atoms with Gasteiger partial charge in [-0.25, -0.2) is 0 Å². The molecular formula is C20H26N6. The Hall–Kier alpha value is -2.47. The smallest absolute Gasteiger partial charge is 0.200 e. The fraction of sp³-hybridized carbons (Fsp3) is 0.450. The first-order valence-electron chi connectivity index (χ1n) is 9.52. The van der Waals surface area contributed by atoms with Crippen LogP contribution in [0.25, 0.3) is 5.65 Å². The van der Waals surface area contributed by atoms with E-state index in [2.05, 4.69) is 68.8 Å². The fourth-order valence-electron chi connectivity index (χ4n) is 3.73. The van der Waals surface area contributed by atoms with Crippen molar-refractivity contribution in [3.8, 4) is 0 Å². The Morgan fingerprint density at radius 3 is 2.96 bits per heavy atom. The quantitative estimate of drug-likeness (QED) is 0.710. The van der Waals surface area contributed by atoms with Crippen molar-refractivity contribution in [1.82, 2.24) is 24.7 Å². The molecule has 1 aliphatic heterocycles. The first-order valence-corrected chi connectivity index (χ1v) is 9.52. The molecule has 1 aliphatic rings. The molecule has 1 fully saturated rings. The number of rotatable bonds is 7. The van der Waals surface area contributed by atoms with Crippen molar-refractivity contribution in [1.29, 1.82) is 0 Å². The molecule has 136 valence electrons. The number of hydrogen-bond donors (Lipinski definition) is 1. The summed E-state index contributed by atoms with van der Waals surface area (Å²) in [7, 11) is 0. The van der Waals surface area contributed by atoms with Gasteiger partial charge in [0.1, 0.15) is 6.33 Å². The Morgan fingerprint density at radius 2 is 2.12 bits per heavy atom. The van der Waals surface area contributed by atoms with Gasteiger partial charge in [-0.1, -0.05) is 37.3 Å². The summed E-state index contributed by atoms with van der Waals surface area (Å²) >= 11 is 0. The minimum Gasteiger partial charge on any atom is -0.382 e. The van der Waals surface area contributed by atoms with Crippen molar-refractivity contribution >= 4 is 11.3 Å². The number of likely N-dealkylation sites (tertiary alicyclic amines) is 1. The van der Waals surface area contributed by atoms with Crippen molar-refractivity contribution in [2.24, 2.45) is 5.92 Å². The summed E-state index contributed by atoms with van der Waals surface area (Å²) in [6, 6.07) is 12.9. The highest BCUT2D eigenvalue weighted by Crippen LogP contribution is 2.22. The third-order valence-electron chi connectivity index (χ3n) is 5.17. The van der Waals surface area contributed by atoms with Crippen LogP contribution in [-0.4, -0.2) is 44.3 Å². The zero-order valence-corrected chi connectivity index (χ0v) is 15.3. The van der Waals surface area contributed by atoms with Gasteiger partial charge in [-0.2, -0.15) is 9.61 Å². The summed E-state index contributed by atoms with van der Waals surface area (Å²) in [5, 5.41) is 16.2. The highest BCUT2D eigenvalue weighted by Gasteiger charge is 2.22. The highest BCUT2D eigenvalue weighted by molar-refractivity contribution is 5.66. The summed E-state index contributed by atoms with van der Waals surface area (Å²) in [6.07, 6.45) is 5.03. The van der Waals surface area contributed by atoms with Crippen molar-refractivity contribution in [2.45, 2.75) is 32.7 Å². The van der Waals surface area contributed by atoms with E-state index in [4.69, 9.17) is 0 Å². The van der Waals surface area contributed by atoms with E-state index in [-0.39, 0.29) is 0 Å². The molecule has 26 heavy (non-hydrogen) atoms. The van der Waals surface area contributed by atoms with Crippen LogP contribution in [0.5, 0.6) is 0 Å². The zero-order chi connectivity index (χ0) is 17.8. The molecule has 1 aromatic carbocycles. The van der Waals surface area contributed by atoms with E-state index in [1.165, 1.54) is 31.5 Å². The molecule has 0 bridgehead atoms. The molecule has 3 aromatic rings. The molecule has 1 saturated heterocycles. The van der Waals surface area contributed by atoms with E-state index >= 15 is 0 Å². The largest absolute Gasteiger partial charge is 0.382 e. The molecule has 1 atom stereocenters. The van der Waals surface area contributed by atoms with Crippen LogP contribution in [0.4, 0.5) is 5.69 Å². The topological polar surface area (TPSA) is 58.3 Å². The summed E-state index contributed by atoms with van der Waals surface area (Å²) in [4.78, 5) is 2.57. The minimum absolute atomic E-state index is 0.757. The second-order valence-corrected chi connectivity index (χ2v) is 7.09. The summed E-state index contributed by atoms with van der Waals surface area (Å²) in [6.45, 7) is 6.52. The number of aromatic nitrogens is 4. The third-order valence-corrected chi connectivity index (χ3v) is 5.17. The van der Waals surface area contributed by atoms with Gasteiger partial charge in [-0.3, -0.25) is 4.90 Å². The molecule has 0 spiro atoms. The fourth-order valence-corrected chi connectivity index (χ4v) is 3.73. The molecule has 0 aliphatic carbocycles. The molecule has 2 aromatic heterocycles. The molecular weight excluding hydrogens is 324 g/mol. The Bertz CT molecular complexity index is 844. The van der Waals surface area contributed by atoms with Gasteiger partial charge < -0.3 is 5.32 Å². The van der Waals surface area contributed by atoms with Gasteiger partial charge in [0, 0.05) is 19.6 Å². The molecule has 0 amide bonds. The van der Waals surface area contributed by atoms with Gasteiger partial charge >= 0.3 is 0 Å². The highest BCUT2D eigenvalue weighted by atomic mass is 15.3. The van der Waals surface area contributed by atoms with Gasteiger partial charge in [-0.15, -0.1) is 10.2 Å². The number of aryl methyl sites for hydroxylation is 1. The van der Waals surface area contributed by atoms with E-state index < -0.39 is 0 Å². The van der Waals surface area contributed by atoms with Crippen molar-refractivity contribution in [2.75, 3.05) is 25.0 Å². The first kappa shape index (κ1) is 17.0. The van der Waals surface area contributed by atoms with Crippen LogP contribution in [0.15, 0.2) is 42.7 Å². The van der Waals surface area contributed by atoms with E-state index in [9.17, 15) is 0 Å². The number of hydrogen-bond acceptors (Lipinski definition) is 5. The van der Waals surface area contributed by atoms with Gasteiger partial charge in [0.25, 0.3) is 0 Å². The van der Waals surface area contributed by atoms with Crippen LogP contribution in [-0.2, 0) is 13.0 Å². The molecule has 4 rings (SSSR count). The van der Waals surface area contributed by atoms with Crippen molar-refractivity contribution < 1.29 is 0 Å². The summed E-state index contributed by atoms with van der Waals surface area (Å²) < 4.78 is 1.76. The first-order chi connectivity index (χ1) is 12.8. The maximum Gasteiger partial charge on any atom is 0.200 e. The zero-order valence-electron chi connectivity index (χ0n) is 15.3. The van der Waals surface area contributed by atoms with Crippen molar-refractivity contribution in [3.05, 3.63) is 54.0 Å². The molecule has 3 heterocycles. The van der Waals surface area contributed by atoms with Gasteiger partial charge in [0.05, 0.1) is 11.4 Å². The monoisotopic (exact) mass is 350 g/mol. The number of nitrogens with zero attached hydrogens (tertiary/aromatic N) is 5. The van der Waals surface area contributed by atoms with Crippen LogP contribution in [0, 0.1) is 5.92 Å². The lowest BCUT2D eigenvalue weighted by Gasteiger charge is -2.16. The standard InChI is InChI=1S/C20H26N6/c1-2-18-12-19(20-23-22-15-26(20)24-18)21-10-8-17-9-11-25(14-17)13-16-6-4-3-5-7-16/h3-7,12,15,17,21H,2,8-11,13-14H2,1H3. The predicted octanol–water partition coefficient (Wildman–Crippen LogP) is 3.01. The lowest BCUT2D eigenvalue weighted by atomic mass is 10.1. The predicted molar refractivity (Wildman–Crippen MR) is 103 cm³/mol. The van der Waals surface area contributed by atoms with Crippen LogP contribution in [0.1, 0.15) is 31.0 Å². The van der Waals surface area contributed by atoms with E-state index in [0.717, 1.165) is 42.5 Å². The number of anilines is 1. The molecule has 6 nitrogen and oxygen atoms in total. The lowest BCUT2D eigenvalue weighted by Crippen LogP contribution is -2.20. The van der Waals surface area contributed by atoms with E-state index in [1.807, 2.05) is 0 Å². The van der Waals surface area contributed by atoms with Gasteiger partial charge in [0.15, 0.2) is 0 Å². The van der Waals surface area contributed by atoms with E-state index in [1.54, 1.807) is 10.8 Å². The summed E-state index contributed by atoms with van der Waals surface area (Å²) in [5.41, 5.74) is 4.30. The van der Waals surface area contributed by atoms with Crippen LogP contribution in [0.2, 0.25) is 0 Å². The molecule has 6 heteroatoms. The Balaban J connectivity index is 1.30. The average Bonchev–Trinajstić information content (AvgIpc) is 3.31. The van der Waals surface area contributed by atoms with E-state index in [0.29, 0.717) is 0 Å². The van der Waals surface area contributed by atoms with Crippen LogP contribution >= 0.6 is 0 Å². The Labute approximate surface area is 154 Å².